The zero-order valence-corrected chi connectivity index (χ0v) is 8.80. The zero-order chi connectivity index (χ0) is 11.7. The summed E-state index contributed by atoms with van der Waals surface area (Å²) in [4.78, 5) is 0. The van der Waals surface area contributed by atoms with Crippen molar-refractivity contribution in [1.29, 1.82) is 0 Å². The SMILES string of the molecule is C#C.Cc1ccccc1/C=C\CB(O)O. The van der Waals surface area contributed by atoms with Gasteiger partial charge >= 0.3 is 7.12 Å². The minimum absolute atomic E-state index is 0.272. The molecule has 0 fully saturated rings. The van der Waals surface area contributed by atoms with E-state index in [1.807, 2.05) is 37.3 Å². The highest BCUT2D eigenvalue weighted by atomic mass is 16.4. The average Bonchev–Trinajstić information content (AvgIpc) is 2.23. The minimum atomic E-state index is -1.25. The fourth-order valence-electron chi connectivity index (χ4n) is 1.09. The molecule has 0 heterocycles. The molecule has 1 aromatic carbocycles. The molecular formula is C12H15BO2. The fourth-order valence-corrected chi connectivity index (χ4v) is 1.09. The first kappa shape index (κ1) is 13.5. The van der Waals surface area contributed by atoms with Gasteiger partial charge < -0.3 is 10.0 Å². The second-order valence-electron chi connectivity index (χ2n) is 2.98. The molecule has 0 aliphatic rings. The number of terminal acetylenes is 1. The van der Waals surface area contributed by atoms with E-state index in [0.717, 1.165) is 5.56 Å². The Hall–Kier alpha value is -1.50. The van der Waals surface area contributed by atoms with Gasteiger partial charge in [-0.15, -0.1) is 12.8 Å². The normalized spacial score (nSPS) is 9.40. The van der Waals surface area contributed by atoms with E-state index in [4.69, 9.17) is 10.0 Å². The molecule has 0 saturated heterocycles. The predicted molar refractivity (Wildman–Crippen MR) is 65.1 cm³/mol. The Balaban J connectivity index is 0.000000921. The molecular weight excluding hydrogens is 187 g/mol. The molecule has 0 unspecified atom stereocenters. The summed E-state index contributed by atoms with van der Waals surface area (Å²) in [6, 6.07) is 7.96. The Labute approximate surface area is 91.4 Å². The van der Waals surface area contributed by atoms with E-state index in [2.05, 4.69) is 12.8 Å². The number of allylic oxidation sites excluding steroid dienone is 1. The molecule has 1 rings (SSSR count). The Kier molecular flexibility index (Phi) is 7.08. The van der Waals surface area contributed by atoms with Crippen LogP contribution < -0.4 is 0 Å². The molecule has 0 radical (unpaired) electrons. The van der Waals surface area contributed by atoms with Crippen molar-refractivity contribution in [1.82, 2.24) is 0 Å². The van der Waals surface area contributed by atoms with Crippen LogP contribution in [-0.4, -0.2) is 17.2 Å². The first-order valence-corrected chi connectivity index (χ1v) is 4.62. The van der Waals surface area contributed by atoms with E-state index in [-0.39, 0.29) is 6.32 Å². The van der Waals surface area contributed by atoms with Gasteiger partial charge in [0.1, 0.15) is 0 Å². The summed E-state index contributed by atoms with van der Waals surface area (Å²) >= 11 is 0. The molecule has 0 aliphatic heterocycles. The van der Waals surface area contributed by atoms with Crippen LogP contribution in [0.5, 0.6) is 0 Å². The van der Waals surface area contributed by atoms with E-state index in [0.29, 0.717) is 0 Å². The Morgan fingerprint density at radius 1 is 1.27 bits per heavy atom. The highest BCUT2D eigenvalue weighted by Crippen LogP contribution is 2.09. The van der Waals surface area contributed by atoms with Crippen LogP contribution in [0.25, 0.3) is 6.08 Å². The molecule has 0 amide bonds. The number of benzene rings is 1. The molecule has 15 heavy (non-hydrogen) atoms. The first-order chi connectivity index (χ1) is 7.20. The van der Waals surface area contributed by atoms with Crippen molar-refractivity contribution in [2.75, 3.05) is 0 Å². The summed E-state index contributed by atoms with van der Waals surface area (Å²) in [5.74, 6) is 0. The van der Waals surface area contributed by atoms with Crippen LogP contribution >= 0.6 is 0 Å². The predicted octanol–water partition coefficient (Wildman–Crippen LogP) is 1.73. The summed E-state index contributed by atoms with van der Waals surface area (Å²) in [5.41, 5.74) is 2.30. The molecule has 3 heteroatoms. The van der Waals surface area contributed by atoms with Crippen molar-refractivity contribution >= 4 is 13.2 Å². The van der Waals surface area contributed by atoms with Crippen molar-refractivity contribution < 1.29 is 10.0 Å². The topological polar surface area (TPSA) is 40.5 Å². The third-order valence-corrected chi connectivity index (χ3v) is 1.83. The van der Waals surface area contributed by atoms with Crippen molar-refractivity contribution in [3.8, 4) is 12.8 Å². The lowest BCUT2D eigenvalue weighted by molar-refractivity contribution is 0.411. The van der Waals surface area contributed by atoms with Crippen LogP contribution in [0.1, 0.15) is 11.1 Å². The Morgan fingerprint density at radius 2 is 1.87 bits per heavy atom. The molecule has 0 aliphatic carbocycles. The Morgan fingerprint density at radius 3 is 2.40 bits per heavy atom. The van der Waals surface area contributed by atoms with Gasteiger partial charge in [0.15, 0.2) is 0 Å². The maximum atomic E-state index is 8.60. The summed E-state index contributed by atoms with van der Waals surface area (Å²) in [7, 11) is -1.25. The summed E-state index contributed by atoms with van der Waals surface area (Å²) in [5, 5.41) is 17.2. The molecule has 2 nitrogen and oxygen atoms in total. The molecule has 0 spiro atoms. The average molecular weight is 202 g/mol. The second-order valence-corrected chi connectivity index (χ2v) is 2.98. The van der Waals surface area contributed by atoms with E-state index in [1.165, 1.54) is 5.56 Å². The molecule has 0 atom stereocenters. The third-order valence-electron chi connectivity index (χ3n) is 1.83. The van der Waals surface area contributed by atoms with E-state index >= 15 is 0 Å². The smallest absolute Gasteiger partial charge is 0.427 e. The van der Waals surface area contributed by atoms with E-state index in [9.17, 15) is 0 Å². The van der Waals surface area contributed by atoms with Gasteiger partial charge in [-0.25, -0.2) is 0 Å². The van der Waals surface area contributed by atoms with E-state index in [1.54, 1.807) is 6.08 Å². The molecule has 0 aromatic heterocycles. The van der Waals surface area contributed by atoms with Gasteiger partial charge in [-0.05, 0) is 18.1 Å². The van der Waals surface area contributed by atoms with Gasteiger partial charge in [0.25, 0.3) is 0 Å². The molecule has 78 valence electrons. The maximum Gasteiger partial charge on any atom is 0.455 e. The number of hydrogen-bond donors (Lipinski definition) is 2. The zero-order valence-electron chi connectivity index (χ0n) is 8.80. The van der Waals surface area contributed by atoms with Crippen molar-refractivity contribution in [2.45, 2.75) is 13.2 Å². The molecule has 0 bridgehead atoms. The van der Waals surface area contributed by atoms with Crippen molar-refractivity contribution in [2.24, 2.45) is 0 Å². The number of aryl methyl sites for hydroxylation is 1. The summed E-state index contributed by atoms with van der Waals surface area (Å²) < 4.78 is 0. The van der Waals surface area contributed by atoms with Crippen LogP contribution in [0.15, 0.2) is 30.3 Å². The van der Waals surface area contributed by atoms with Gasteiger partial charge in [0.2, 0.25) is 0 Å². The molecule has 0 saturated carbocycles. The van der Waals surface area contributed by atoms with Crippen LogP contribution in [0.3, 0.4) is 0 Å². The van der Waals surface area contributed by atoms with Gasteiger partial charge in [-0.2, -0.15) is 0 Å². The highest BCUT2D eigenvalue weighted by Gasteiger charge is 2.01. The van der Waals surface area contributed by atoms with Crippen LogP contribution in [0, 0.1) is 19.8 Å². The summed E-state index contributed by atoms with van der Waals surface area (Å²) in [6.45, 7) is 2.02. The monoisotopic (exact) mass is 202 g/mol. The van der Waals surface area contributed by atoms with Crippen LogP contribution in [0.2, 0.25) is 6.32 Å². The van der Waals surface area contributed by atoms with Gasteiger partial charge in [0, 0.05) is 6.32 Å². The van der Waals surface area contributed by atoms with E-state index < -0.39 is 7.12 Å². The molecule has 2 N–H and O–H groups in total. The van der Waals surface area contributed by atoms with Crippen LogP contribution in [-0.2, 0) is 0 Å². The second kappa shape index (κ2) is 7.87. The fraction of sp³-hybridized carbons (Fsp3) is 0.167. The molecule has 1 aromatic rings. The highest BCUT2D eigenvalue weighted by molar-refractivity contribution is 6.41. The standard InChI is InChI=1S/C10H13BO2.C2H2/c1-9-5-2-3-6-10(9)7-4-8-11(12)13;1-2/h2-7,12-13H,8H2,1H3;1-2H/b7-4-;. The Bertz CT molecular complexity index is 329. The maximum absolute atomic E-state index is 8.60. The lowest BCUT2D eigenvalue weighted by Gasteiger charge is -1.97. The van der Waals surface area contributed by atoms with Crippen molar-refractivity contribution in [3.05, 3.63) is 41.5 Å². The van der Waals surface area contributed by atoms with Gasteiger partial charge in [-0.3, -0.25) is 0 Å². The van der Waals surface area contributed by atoms with Crippen LogP contribution in [0.4, 0.5) is 0 Å². The largest absolute Gasteiger partial charge is 0.455 e. The number of rotatable bonds is 3. The quantitative estimate of drug-likeness (QED) is 0.578. The lowest BCUT2D eigenvalue weighted by atomic mass is 9.86. The third kappa shape index (κ3) is 5.74. The van der Waals surface area contributed by atoms with Crippen molar-refractivity contribution in [3.63, 3.8) is 0 Å². The lowest BCUT2D eigenvalue weighted by Crippen LogP contribution is -2.07. The summed E-state index contributed by atoms with van der Waals surface area (Å²) in [6.07, 6.45) is 11.9. The minimum Gasteiger partial charge on any atom is -0.427 e. The van der Waals surface area contributed by atoms with Gasteiger partial charge in [-0.1, -0.05) is 36.4 Å². The van der Waals surface area contributed by atoms with Gasteiger partial charge in [0.05, 0.1) is 0 Å². The first-order valence-electron chi connectivity index (χ1n) is 4.62. The number of hydrogen-bond acceptors (Lipinski definition) is 2.